The zero-order valence-electron chi connectivity index (χ0n) is 12.5. The number of piperidine rings is 3. The van der Waals surface area contributed by atoms with Gasteiger partial charge in [-0.1, -0.05) is 13.3 Å². The highest BCUT2D eigenvalue weighted by atomic mass is 16.2. The van der Waals surface area contributed by atoms with Crippen molar-refractivity contribution in [3.8, 4) is 0 Å². The summed E-state index contributed by atoms with van der Waals surface area (Å²) in [6.07, 6.45) is 4.00. The van der Waals surface area contributed by atoms with E-state index in [9.17, 15) is 9.59 Å². The number of carbonyl (C=O) groups excluding carboxylic acids is 2. The lowest BCUT2D eigenvalue weighted by atomic mass is 9.81. The van der Waals surface area contributed by atoms with E-state index in [1.165, 1.54) is 12.8 Å². The van der Waals surface area contributed by atoms with Gasteiger partial charge in [0.2, 0.25) is 11.8 Å². The molecule has 0 aromatic rings. The van der Waals surface area contributed by atoms with Crippen LogP contribution in [0.4, 0.5) is 0 Å². The second-order valence-electron chi connectivity index (χ2n) is 6.48. The number of carbonyl (C=O) groups is 2. The molecule has 3 unspecified atom stereocenters. The Labute approximate surface area is 120 Å². The Morgan fingerprint density at radius 1 is 1.25 bits per heavy atom. The van der Waals surface area contributed by atoms with E-state index >= 15 is 0 Å². The molecule has 4 heterocycles. The molecule has 4 rings (SSSR count). The first-order valence-corrected chi connectivity index (χ1v) is 7.96. The molecular formula is C15H25N3O2. The Bertz CT molecular complexity index is 404. The molecule has 1 N–H and O–H groups in total. The summed E-state index contributed by atoms with van der Waals surface area (Å²) in [5.74, 6) is 0.733. The molecule has 2 amide bonds. The van der Waals surface area contributed by atoms with Crippen molar-refractivity contribution in [2.24, 2.45) is 5.92 Å². The Balaban J connectivity index is 1.81. The fourth-order valence-corrected chi connectivity index (χ4v) is 4.04. The summed E-state index contributed by atoms with van der Waals surface area (Å²) in [4.78, 5) is 29.3. The fraction of sp³-hybridized carbons (Fsp3) is 0.867. The summed E-state index contributed by atoms with van der Waals surface area (Å²) in [5.41, 5.74) is 0. The average Bonchev–Trinajstić information content (AvgIpc) is 2.46. The standard InChI is InChI=1S/C15H25N3O2/c1-3-4-12-15(20)18(10(2)14(19)16-12)13-9-17-7-5-11(13)6-8-17/h10-13H,3-9H2,1-2H3,(H,16,19). The molecule has 0 aromatic carbocycles. The Morgan fingerprint density at radius 3 is 2.50 bits per heavy atom. The van der Waals surface area contributed by atoms with Gasteiger partial charge in [-0.2, -0.15) is 0 Å². The summed E-state index contributed by atoms with van der Waals surface area (Å²) in [6.45, 7) is 7.18. The van der Waals surface area contributed by atoms with Crippen LogP contribution in [0.15, 0.2) is 0 Å². The maximum Gasteiger partial charge on any atom is 0.246 e. The van der Waals surface area contributed by atoms with Crippen molar-refractivity contribution in [2.75, 3.05) is 19.6 Å². The SMILES string of the molecule is CCCC1NC(=O)C(C)N(C2CN3CCC2CC3)C1=O. The minimum absolute atomic E-state index is 0.0134. The Hall–Kier alpha value is -1.10. The highest BCUT2D eigenvalue weighted by Gasteiger charge is 2.46. The van der Waals surface area contributed by atoms with Gasteiger partial charge in [0.05, 0.1) is 0 Å². The van der Waals surface area contributed by atoms with Crippen LogP contribution in [-0.4, -0.2) is 59.4 Å². The molecule has 0 spiro atoms. The first kappa shape index (κ1) is 13.9. The van der Waals surface area contributed by atoms with Crippen molar-refractivity contribution in [1.29, 1.82) is 0 Å². The summed E-state index contributed by atoms with van der Waals surface area (Å²) >= 11 is 0. The number of rotatable bonds is 3. The fourth-order valence-electron chi connectivity index (χ4n) is 4.04. The predicted octanol–water partition coefficient (Wildman–Crippen LogP) is 0.596. The lowest BCUT2D eigenvalue weighted by Gasteiger charge is -2.52. The van der Waals surface area contributed by atoms with Crippen molar-refractivity contribution in [3.05, 3.63) is 0 Å². The maximum atomic E-state index is 12.7. The molecule has 4 aliphatic rings. The maximum absolute atomic E-state index is 12.7. The number of piperazine rings is 1. The topological polar surface area (TPSA) is 52.7 Å². The molecule has 0 saturated carbocycles. The average molecular weight is 279 g/mol. The second kappa shape index (κ2) is 5.35. The van der Waals surface area contributed by atoms with Crippen molar-refractivity contribution in [1.82, 2.24) is 15.1 Å². The number of hydrogen-bond acceptors (Lipinski definition) is 3. The third-order valence-corrected chi connectivity index (χ3v) is 5.22. The van der Waals surface area contributed by atoms with Crippen molar-refractivity contribution in [2.45, 2.75) is 57.7 Å². The first-order chi connectivity index (χ1) is 9.61. The quantitative estimate of drug-likeness (QED) is 0.823. The van der Waals surface area contributed by atoms with Crippen LogP contribution >= 0.6 is 0 Å². The molecule has 4 fully saturated rings. The van der Waals surface area contributed by atoms with Gasteiger partial charge in [-0.25, -0.2) is 0 Å². The summed E-state index contributed by atoms with van der Waals surface area (Å²) < 4.78 is 0. The van der Waals surface area contributed by atoms with Gasteiger partial charge in [0.1, 0.15) is 12.1 Å². The van der Waals surface area contributed by atoms with Crippen molar-refractivity contribution < 1.29 is 9.59 Å². The zero-order valence-corrected chi connectivity index (χ0v) is 12.5. The van der Waals surface area contributed by atoms with Crippen LogP contribution in [0.2, 0.25) is 0 Å². The number of amides is 2. The minimum atomic E-state index is -0.318. The molecule has 0 radical (unpaired) electrons. The van der Waals surface area contributed by atoms with Crippen LogP contribution in [0.25, 0.3) is 0 Å². The summed E-state index contributed by atoms with van der Waals surface area (Å²) in [7, 11) is 0. The summed E-state index contributed by atoms with van der Waals surface area (Å²) in [6, 6.07) is -0.384. The van der Waals surface area contributed by atoms with Gasteiger partial charge < -0.3 is 15.1 Å². The van der Waals surface area contributed by atoms with E-state index in [1.807, 2.05) is 11.8 Å². The van der Waals surface area contributed by atoms with Crippen LogP contribution in [0, 0.1) is 5.92 Å². The van der Waals surface area contributed by atoms with Crippen molar-refractivity contribution >= 4 is 11.8 Å². The molecule has 4 aliphatic heterocycles. The smallest absolute Gasteiger partial charge is 0.246 e. The monoisotopic (exact) mass is 279 g/mol. The molecule has 5 nitrogen and oxygen atoms in total. The number of fused-ring (bicyclic) bond motifs is 3. The molecule has 3 atom stereocenters. The van der Waals surface area contributed by atoms with E-state index in [2.05, 4.69) is 17.1 Å². The van der Waals surface area contributed by atoms with Gasteiger partial charge >= 0.3 is 0 Å². The van der Waals surface area contributed by atoms with Crippen LogP contribution in [0.1, 0.15) is 39.5 Å². The second-order valence-corrected chi connectivity index (χ2v) is 6.48. The molecule has 20 heavy (non-hydrogen) atoms. The van der Waals surface area contributed by atoms with Crippen LogP contribution in [-0.2, 0) is 9.59 Å². The molecule has 2 bridgehead atoms. The van der Waals surface area contributed by atoms with Gasteiger partial charge in [0.25, 0.3) is 0 Å². The number of nitrogens with one attached hydrogen (secondary N) is 1. The van der Waals surface area contributed by atoms with Gasteiger partial charge in [-0.3, -0.25) is 9.59 Å². The summed E-state index contributed by atoms with van der Waals surface area (Å²) in [5, 5.41) is 2.89. The van der Waals surface area contributed by atoms with Crippen molar-refractivity contribution in [3.63, 3.8) is 0 Å². The predicted molar refractivity (Wildman–Crippen MR) is 76.1 cm³/mol. The third kappa shape index (κ3) is 2.22. The van der Waals surface area contributed by atoms with Gasteiger partial charge in [0, 0.05) is 12.6 Å². The van der Waals surface area contributed by atoms with E-state index in [1.54, 1.807) is 0 Å². The van der Waals surface area contributed by atoms with E-state index in [4.69, 9.17) is 0 Å². The van der Waals surface area contributed by atoms with Crippen LogP contribution in [0.3, 0.4) is 0 Å². The van der Waals surface area contributed by atoms with E-state index in [-0.39, 0.29) is 29.9 Å². The lowest BCUT2D eigenvalue weighted by Crippen LogP contribution is -2.69. The first-order valence-electron chi connectivity index (χ1n) is 7.96. The lowest BCUT2D eigenvalue weighted by molar-refractivity contribution is -0.156. The third-order valence-electron chi connectivity index (χ3n) is 5.22. The Morgan fingerprint density at radius 2 is 1.95 bits per heavy atom. The van der Waals surface area contributed by atoms with E-state index in [0.29, 0.717) is 5.92 Å². The molecule has 0 aromatic heterocycles. The van der Waals surface area contributed by atoms with Gasteiger partial charge in [0.15, 0.2) is 0 Å². The van der Waals surface area contributed by atoms with E-state index < -0.39 is 0 Å². The molecule has 0 aliphatic carbocycles. The largest absolute Gasteiger partial charge is 0.343 e. The normalized spacial score (nSPS) is 40.9. The highest BCUT2D eigenvalue weighted by molar-refractivity contribution is 5.97. The van der Waals surface area contributed by atoms with Gasteiger partial charge in [-0.05, 0) is 45.2 Å². The number of nitrogens with zero attached hydrogens (tertiary/aromatic N) is 2. The number of hydrogen-bond donors (Lipinski definition) is 1. The minimum Gasteiger partial charge on any atom is -0.343 e. The molecule has 5 heteroatoms. The van der Waals surface area contributed by atoms with Crippen LogP contribution in [0.5, 0.6) is 0 Å². The van der Waals surface area contributed by atoms with Gasteiger partial charge in [-0.15, -0.1) is 0 Å². The molecule has 112 valence electrons. The molecular weight excluding hydrogens is 254 g/mol. The van der Waals surface area contributed by atoms with E-state index in [0.717, 1.165) is 32.5 Å². The Kier molecular flexibility index (Phi) is 3.71. The molecule has 4 saturated heterocycles. The highest BCUT2D eigenvalue weighted by Crippen LogP contribution is 2.33. The van der Waals surface area contributed by atoms with Crippen LogP contribution < -0.4 is 5.32 Å². The zero-order chi connectivity index (χ0) is 14.3.